The van der Waals surface area contributed by atoms with E-state index >= 15 is 0 Å². The van der Waals surface area contributed by atoms with Crippen LogP contribution in [0.1, 0.15) is 32.1 Å². The van der Waals surface area contributed by atoms with Crippen LogP contribution in [0.2, 0.25) is 0 Å². The van der Waals surface area contributed by atoms with Gasteiger partial charge in [-0.3, -0.25) is 0 Å². The van der Waals surface area contributed by atoms with E-state index in [1.54, 1.807) is 7.11 Å². The van der Waals surface area contributed by atoms with Crippen molar-refractivity contribution >= 4 is 9.84 Å². The molecule has 5 heteroatoms. The molecule has 2 heterocycles. The molecule has 0 N–H and O–H groups in total. The lowest BCUT2D eigenvalue weighted by atomic mass is 10.00. The average molecular weight is 289 g/mol. The van der Waals surface area contributed by atoms with E-state index in [1.165, 1.54) is 19.3 Å². The molecular formula is C14H27NO3S. The maximum absolute atomic E-state index is 11.5. The lowest BCUT2D eigenvalue weighted by Crippen LogP contribution is -2.34. The van der Waals surface area contributed by atoms with Crippen LogP contribution in [-0.4, -0.2) is 58.2 Å². The van der Waals surface area contributed by atoms with Crippen LogP contribution < -0.4 is 0 Å². The van der Waals surface area contributed by atoms with Gasteiger partial charge in [-0.15, -0.1) is 0 Å². The van der Waals surface area contributed by atoms with Gasteiger partial charge in [0.2, 0.25) is 0 Å². The van der Waals surface area contributed by atoms with Crippen LogP contribution in [0.25, 0.3) is 0 Å². The van der Waals surface area contributed by atoms with Crippen LogP contribution >= 0.6 is 0 Å². The van der Waals surface area contributed by atoms with Gasteiger partial charge in [0.15, 0.2) is 9.84 Å². The minimum atomic E-state index is -2.73. The standard InChI is InChI=1S/C14H27NO3S/c1-18-8-5-13-4-2-3-7-15(10-13)11-14-6-9-19(16,17)12-14/h13-14H,2-12H2,1H3/t13-,14-/m1/s1. The number of nitrogens with zero attached hydrogens (tertiary/aromatic N) is 1. The third-order valence-corrected chi connectivity index (χ3v) is 6.26. The Bertz CT molecular complexity index is 369. The van der Waals surface area contributed by atoms with Gasteiger partial charge in [-0.05, 0) is 44.1 Å². The van der Waals surface area contributed by atoms with Gasteiger partial charge in [0.1, 0.15) is 0 Å². The molecular weight excluding hydrogens is 262 g/mol. The number of hydrogen-bond acceptors (Lipinski definition) is 4. The summed E-state index contributed by atoms with van der Waals surface area (Å²) < 4.78 is 28.2. The fourth-order valence-corrected chi connectivity index (χ4v) is 5.23. The largest absolute Gasteiger partial charge is 0.385 e. The number of rotatable bonds is 5. The van der Waals surface area contributed by atoms with Gasteiger partial charge in [0.25, 0.3) is 0 Å². The van der Waals surface area contributed by atoms with Crippen molar-refractivity contribution in [3.8, 4) is 0 Å². The van der Waals surface area contributed by atoms with Crippen molar-refractivity contribution in [1.82, 2.24) is 4.90 Å². The van der Waals surface area contributed by atoms with Crippen molar-refractivity contribution in [1.29, 1.82) is 0 Å². The van der Waals surface area contributed by atoms with Crippen LogP contribution in [0.15, 0.2) is 0 Å². The van der Waals surface area contributed by atoms with Gasteiger partial charge in [0, 0.05) is 26.8 Å². The Balaban J connectivity index is 1.81. The van der Waals surface area contributed by atoms with Crippen LogP contribution in [0.3, 0.4) is 0 Å². The predicted octanol–water partition coefficient (Wildman–Crippen LogP) is 1.56. The second-order valence-electron chi connectivity index (χ2n) is 6.17. The monoisotopic (exact) mass is 289 g/mol. The van der Waals surface area contributed by atoms with Gasteiger partial charge >= 0.3 is 0 Å². The first-order valence-corrected chi connectivity index (χ1v) is 9.33. The van der Waals surface area contributed by atoms with Gasteiger partial charge in [-0.25, -0.2) is 8.42 Å². The minimum Gasteiger partial charge on any atom is -0.385 e. The van der Waals surface area contributed by atoms with Crippen molar-refractivity contribution in [2.45, 2.75) is 32.1 Å². The predicted molar refractivity (Wildman–Crippen MR) is 77.0 cm³/mol. The summed E-state index contributed by atoms with van der Waals surface area (Å²) in [5, 5.41) is 0. The summed E-state index contributed by atoms with van der Waals surface area (Å²) in [6, 6.07) is 0. The Morgan fingerprint density at radius 2 is 2.05 bits per heavy atom. The van der Waals surface area contributed by atoms with E-state index in [4.69, 9.17) is 4.74 Å². The number of hydrogen-bond donors (Lipinski definition) is 0. The van der Waals surface area contributed by atoms with Gasteiger partial charge < -0.3 is 9.64 Å². The van der Waals surface area contributed by atoms with Crippen molar-refractivity contribution in [2.75, 3.05) is 44.9 Å². The fourth-order valence-electron chi connectivity index (χ4n) is 3.38. The Morgan fingerprint density at radius 1 is 1.21 bits per heavy atom. The van der Waals surface area contributed by atoms with Crippen LogP contribution in [-0.2, 0) is 14.6 Å². The molecule has 2 atom stereocenters. The number of methoxy groups -OCH3 is 1. The molecule has 2 fully saturated rings. The van der Waals surface area contributed by atoms with E-state index < -0.39 is 9.84 Å². The van der Waals surface area contributed by atoms with Crippen molar-refractivity contribution in [3.05, 3.63) is 0 Å². The van der Waals surface area contributed by atoms with Crippen LogP contribution in [0, 0.1) is 11.8 Å². The average Bonchev–Trinajstić information content (AvgIpc) is 2.58. The molecule has 0 aliphatic carbocycles. The molecule has 2 aliphatic heterocycles. The molecule has 4 nitrogen and oxygen atoms in total. The molecule has 0 unspecified atom stereocenters. The molecule has 0 bridgehead atoms. The highest BCUT2D eigenvalue weighted by molar-refractivity contribution is 7.91. The van der Waals surface area contributed by atoms with Gasteiger partial charge in [-0.1, -0.05) is 6.42 Å². The minimum absolute atomic E-state index is 0.367. The van der Waals surface area contributed by atoms with E-state index in [-0.39, 0.29) is 0 Å². The molecule has 2 rings (SSSR count). The summed E-state index contributed by atoms with van der Waals surface area (Å²) in [6.07, 6.45) is 5.84. The molecule has 0 aromatic heterocycles. The fraction of sp³-hybridized carbons (Fsp3) is 1.00. The van der Waals surface area contributed by atoms with Crippen LogP contribution in [0.4, 0.5) is 0 Å². The summed E-state index contributed by atoms with van der Waals surface area (Å²) in [7, 11) is -0.968. The first-order valence-electron chi connectivity index (χ1n) is 7.51. The Morgan fingerprint density at radius 3 is 2.74 bits per heavy atom. The Hall–Kier alpha value is -0.130. The highest BCUT2D eigenvalue weighted by Gasteiger charge is 2.30. The maximum atomic E-state index is 11.5. The zero-order chi connectivity index (χ0) is 13.7. The molecule has 2 aliphatic rings. The second-order valence-corrected chi connectivity index (χ2v) is 8.40. The topological polar surface area (TPSA) is 46.6 Å². The normalized spacial score (nSPS) is 32.3. The molecule has 2 saturated heterocycles. The van der Waals surface area contributed by atoms with Gasteiger partial charge in [-0.2, -0.15) is 0 Å². The lowest BCUT2D eigenvalue weighted by molar-refractivity contribution is 0.155. The Labute approximate surface area is 117 Å². The molecule has 0 saturated carbocycles. The van der Waals surface area contributed by atoms with E-state index in [0.29, 0.717) is 17.4 Å². The number of likely N-dealkylation sites (tertiary alicyclic amines) is 1. The molecule has 0 radical (unpaired) electrons. The smallest absolute Gasteiger partial charge is 0.150 e. The van der Waals surface area contributed by atoms with E-state index in [1.807, 2.05) is 0 Å². The summed E-state index contributed by atoms with van der Waals surface area (Å²) in [4.78, 5) is 2.50. The van der Waals surface area contributed by atoms with Crippen molar-refractivity contribution < 1.29 is 13.2 Å². The quantitative estimate of drug-likeness (QED) is 0.770. The first kappa shape index (κ1) is 15.3. The first-order chi connectivity index (χ1) is 9.09. The summed E-state index contributed by atoms with van der Waals surface area (Å²) in [6.45, 7) is 4.08. The molecule has 0 amide bonds. The molecule has 0 aromatic carbocycles. The third kappa shape index (κ3) is 5.04. The third-order valence-electron chi connectivity index (χ3n) is 4.43. The number of ether oxygens (including phenoxy) is 1. The second kappa shape index (κ2) is 7.04. The van der Waals surface area contributed by atoms with Crippen molar-refractivity contribution in [2.24, 2.45) is 11.8 Å². The van der Waals surface area contributed by atoms with Gasteiger partial charge in [0.05, 0.1) is 11.5 Å². The Kier molecular flexibility index (Phi) is 5.66. The molecule has 0 spiro atoms. The van der Waals surface area contributed by atoms with E-state index in [0.717, 1.165) is 45.0 Å². The van der Waals surface area contributed by atoms with E-state index in [9.17, 15) is 8.42 Å². The number of sulfone groups is 1. The highest BCUT2D eigenvalue weighted by Crippen LogP contribution is 2.24. The molecule has 0 aromatic rings. The molecule has 19 heavy (non-hydrogen) atoms. The SMILES string of the molecule is COCC[C@H]1CCCCN(C[C@H]2CCS(=O)(=O)C2)C1. The zero-order valence-electron chi connectivity index (χ0n) is 12.0. The zero-order valence-corrected chi connectivity index (χ0v) is 12.8. The maximum Gasteiger partial charge on any atom is 0.150 e. The lowest BCUT2D eigenvalue weighted by Gasteiger charge is -2.26. The summed E-state index contributed by atoms with van der Waals surface area (Å²) >= 11 is 0. The summed E-state index contributed by atoms with van der Waals surface area (Å²) in [5.41, 5.74) is 0. The summed E-state index contributed by atoms with van der Waals surface area (Å²) in [5.74, 6) is 1.90. The van der Waals surface area contributed by atoms with Crippen LogP contribution in [0.5, 0.6) is 0 Å². The highest BCUT2D eigenvalue weighted by atomic mass is 32.2. The van der Waals surface area contributed by atoms with Crippen molar-refractivity contribution in [3.63, 3.8) is 0 Å². The van der Waals surface area contributed by atoms with E-state index in [2.05, 4.69) is 4.90 Å². The molecule has 112 valence electrons.